The van der Waals surface area contributed by atoms with Gasteiger partial charge in [0.25, 0.3) is 0 Å². The Morgan fingerprint density at radius 2 is 1.75 bits per heavy atom. The number of esters is 3. The van der Waals surface area contributed by atoms with E-state index in [0.717, 1.165) is 0 Å². The number of nitrogens with zero attached hydrogens (tertiary/aromatic N) is 1. The zero-order chi connectivity index (χ0) is 25.0. The summed E-state index contributed by atoms with van der Waals surface area (Å²) in [5.41, 5.74) is 1.53. The maximum Gasteiger partial charge on any atom is 0.389 e. The first-order valence-electron chi connectivity index (χ1n) is 11.3. The Morgan fingerprint density at radius 1 is 0.972 bits per heavy atom. The predicted octanol–water partition coefficient (Wildman–Crippen LogP) is 3.06. The van der Waals surface area contributed by atoms with Gasteiger partial charge in [0.2, 0.25) is 6.79 Å². The first-order valence-corrected chi connectivity index (χ1v) is 11.3. The zero-order valence-corrected chi connectivity index (χ0v) is 19.2. The quantitative estimate of drug-likeness (QED) is 0.384. The van der Waals surface area contributed by atoms with Crippen LogP contribution in [0.4, 0.5) is 0 Å². The molecule has 0 spiro atoms. The maximum atomic E-state index is 12.7. The number of rotatable bonds is 5. The van der Waals surface area contributed by atoms with Crippen molar-refractivity contribution in [2.75, 3.05) is 20.0 Å². The molecule has 0 saturated heterocycles. The van der Waals surface area contributed by atoms with Gasteiger partial charge in [0, 0.05) is 16.5 Å². The minimum atomic E-state index is -1.41. The molecule has 3 aliphatic heterocycles. The van der Waals surface area contributed by atoms with Crippen molar-refractivity contribution in [3.05, 3.63) is 52.7 Å². The van der Waals surface area contributed by atoms with Crippen molar-refractivity contribution in [2.45, 2.75) is 26.2 Å². The van der Waals surface area contributed by atoms with E-state index in [2.05, 4.69) is 4.98 Å². The highest BCUT2D eigenvalue weighted by Gasteiger charge is 2.40. The Hall–Kier alpha value is -4.54. The number of carbonyl (C=O) groups is 3. The van der Waals surface area contributed by atoms with Crippen LogP contribution in [0.5, 0.6) is 23.0 Å². The van der Waals surface area contributed by atoms with E-state index in [1.807, 2.05) is 0 Å². The predicted molar refractivity (Wildman–Crippen MR) is 119 cm³/mol. The SMILES string of the molecule is CCOC(=O)c1cc2nc3c(cc2c2c1OC(C(=O)OCC)O2)C(c1ccc2c(c1)OCO2)OC3=O. The summed E-state index contributed by atoms with van der Waals surface area (Å²) < 4.78 is 38.1. The second kappa shape index (κ2) is 8.29. The lowest BCUT2D eigenvalue weighted by Crippen LogP contribution is -2.31. The van der Waals surface area contributed by atoms with Gasteiger partial charge in [-0.05, 0) is 38.1 Å². The number of pyridine rings is 1. The molecule has 0 saturated carbocycles. The molecule has 36 heavy (non-hydrogen) atoms. The third-order valence-corrected chi connectivity index (χ3v) is 5.88. The lowest BCUT2D eigenvalue weighted by atomic mass is 9.98. The maximum absolute atomic E-state index is 12.7. The summed E-state index contributed by atoms with van der Waals surface area (Å²) in [4.78, 5) is 42.2. The number of hydrogen-bond donors (Lipinski definition) is 0. The van der Waals surface area contributed by atoms with Gasteiger partial charge in [-0.25, -0.2) is 19.4 Å². The Balaban J connectivity index is 1.49. The molecule has 3 aliphatic rings. The van der Waals surface area contributed by atoms with Gasteiger partial charge in [0.05, 0.1) is 18.7 Å². The first-order chi connectivity index (χ1) is 17.5. The molecular formula is C25H19NO10. The molecule has 0 bridgehead atoms. The average Bonchev–Trinajstić information content (AvgIpc) is 3.60. The van der Waals surface area contributed by atoms with Crippen molar-refractivity contribution in [3.8, 4) is 23.0 Å². The topological polar surface area (TPSA) is 129 Å². The van der Waals surface area contributed by atoms with Crippen LogP contribution in [-0.4, -0.2) is 49.2 Å². The fraction of sp³-hybridized carbons (Fsp3) is 0.280. The van der Waals surface area contributed by atoms with Crippen LogP contribution >= 0.6 is 0 Å². The molecule has 2 aromatic carbocycles. The molecule has 0 radical (unpaired) electrons. The van der Waals surface area contributed by atoms with E-state index >= 15 is 0 Å². The largest absolute Gasteiger partial charge is 0.462 e. The first kappa shape index (κ1) is 22.0. The second-order valence-electron chi connectivity index (χ2n) is 8.01. The molecule has 0 amide bonds. The number of fused-ring (bicyclic) bond motifs is 5. The number of hydrogen-bond acceptors (Lipinski definition) is 11. The lowest BCUT2D eigenvalue weighted by Gasteiger charge is -2.13. The van der Waals surface area contributed by atoms with Crippen LogP contribution in [-0.2, 0) is 19.0 Å². The number of carbonyl (C=O) groups excluding carboxylic acids is 3. The zero-order valence-electron chi connectivity index (χ0n) is 19.2. The van der Waals surface area contributed by atoms with E-state index in [1.54, 1.807) is 38.1 Å². The number of cyclic esters (lactones) is 1. The van der Waals surface area contributed by atoms with Gasteiger partial charge in [-0.1, -0.05) is 6.07 Å². The van der Waals surface area contributed by atoms with Crippen molar-refractivity contribution >= 4 is 28.8 Å². The Bertz CT molecular complexity index is 1450. The van der Waals surface area contributed by atoms with Gasteiger partial charge >= 0.3 is 24.2 Å². The van der Waals surface area contributed by atoms with Gasteiger partial charge in [-0.3, -0.25) is 0 Å². The summed E-state index contributed by atoms with van der Waals surface area (Å²) in [6, 6.07) is 8.37. The summed E-state index contributed by atoms with van der Waals surface area (Å²) >= 11 is 0. The van der Waals surface area contributed by atoms with Crippen LogP contribution in [0.1, 0.15) is 51.9 Å². The highest BCUT2D eigenvalue weighted by Crippen LogP contribution is 2.47. The van der Waals surface area contributed by atoms with Crippen LogP contribution < -0.4 is 18.9 Å². The molecule has 0 aliphatic carbocycles. The van der Waals surface area contributed by atoms with Crippen molar-refractivity contribution < 1.29 is 47.5 Å². The van der Waals surface area contributed by atoms with E-state index in [9.17, 15) is 14.4 Å². The summed E-state index contributed by atoms with van der Waals surface area (Å²) in [5, 5.41) is 0.424. The number of ether oxygens (including phenoxy) is 7. The van der Waals surface area contributed by atoms with E-state index in [4.69, 9.17) is 33.2 Å². The molecule has 6 rings (SSSR count). The smallest absolute Gasteiger partial charge is 0.389 e. The molecular weight excluding hydrogens is 474 g/mol. The fourth-order valence-electron chi connectivity index (χ4n) is 4.33. The minimum Gasteiger partial charge on any atom is -0.462 e. The van der Waals surface area contributed by atoms with E-state index in [0.29, 0.717) is 28.0 Å². The van der Waals surface area contributed by atoms with Crippen molar-refractivity contribution in [2.24, 2.45) is 0 Å². The third kappa shape index (κ3) is 3.35. The summed E-state index contributed by atoms with van der Waals surface area (Å²) in [6.45, 7) is 3.67. The average molecular weight is 493 g/mol. The number of benzene rings is 2. The van der Waals surface area contributed by atoms with Crippen LogP contribution in [0.2, 0.25) is 0 Å². The molecule has 11 nitrogen and oxygen atoms in total. The van der Waals surface area contributed by atoms with E-state index in [-0.39, 0.29) is 48.3 Å². The highest BCUT2D eigenvalue weighted by atomic mass is 16.7. The Morgan fingerprint density at radius 3 is 2.56 bits per heavy atom. The van der Waals surface area contributed by atoms with Crippen LogP contribution in [0, 0.1) is 0 Å². The molecule has 0 N–H and O–H groups in total. The van der Waals surface area contributed by atoms with Crippen LogP contribution in [0.3, 0.4) is 0 Å². The lowest BCUT2D eigenvalue weighted by molar-refractivity contribution is -0.161. The summed E-state index contributed by atoms with van der Waals surface area (Å²) in [6.07, 6.45) is -2.17. The fourth-order valence-corrected chi connectivity index (χ4v) is 4.33. The van der Waals surface area contributed by atoms with Crippen molar-refractivity contribution in [3.63, 3.8) is 0 Å². The van der Waals surface area contributed by atoms with Crippen molar-refractivity contribution in [1.82, 2.24) is 4.98 Å². The molecule has 2 unspecified atom stereocenters. The Kier molecular flexibility index (Phi) is 5.06. The minimum absolute atomic E-state index is 0.0114. The molecule has 184 valence electrons. The van der Waals surface area contributed by atoms with Gasteiger partial charge in [0.1, 0.15) is 5.56 Å². The second-order valence-corrected chi connectivity index (χ2v) is 8.01. The van der Waals surface area contributed by atoms with Gasteiger partial charge < -0.3 is 33.2 Å². The van der Waals surface area contributed by atoms with Gasteiger partial charge in [-0.15, -0.1) is 0 Å². The molecule has 0 fully saturated rings. The standard InChI is InChI=1S/C25H19NO10/c1-3-30-22(27)14-9-15-12(20-21(14)36-25(35-20)24(29)31-4-2)8-13-18(26-15)23(28)34-19(13)11-5-6-16-17(7-11)33-10-32-16/h5-9,19,25H,3-4,10H2,1-2H3. The van der Waals surface area contributed by atoms with E-state index < -0.39 is 30.3 Å². The van der Waals surface area contributed by atoms with Crippen molar-refractivity contribution in [1.29, 1.82) is 0 Å². The monoisotopic (exact) mass is 493 g/mol. The number of aromatic nitrogens is 1. The van der Waals surface area contributed by atoms with Crippen LogP contribution in [0.25, 0.3) is 10.9 Å². The third-order valence-electron chi connectivity index (χ3n) is 5.88. The van der Waals surface area contributed by atoms with E-state index in [1.165, 1.54) is 6.07 Å². The Labute approximate surface area is 203 Å². The molecule has 3 aromatic rings. The molecule has 1 aromatic heterocycles. The van der Waals surface area contributed by atoms with Crippen LogP contribution in [0.15, 0.2) is 30.3 Å². The van der Waals surface area contributed by atoms with Gasteiger partial charge in [-0.2, -0.15) is 0 Å². The summed E-state index contributed by atoms with van der Waals surface area (Å²) in [7, 11) is 0. The molecule has 2 atom stereocenters. The highest BCUT2D eigenvalue weighted by molar-refractivity contribution is 6.04. The normalized spacial score (nSPS) is 18.7. The van der Waals surface area contributed by atoms with Gasteiger partial charge in [0.15, 0.2) is 34.8 Å². The summed E-state index contributed by atoms with van der Waals surface area (Å²) in [5.74, 6) is -0.762. The molecule has 11 heteroatoms. The molecule has 4 heterocycles.